The first kappa shape index (κ1) is 14.3. The Morgan fingerprint density at radius 1 is 1.30 bits per heavy atom. The maximum Gasteiger partial charge on any atom is 0.289 e. The minimum Gasteiger partial charge on any atom is -0.497 e. The van der Waals surface area contributed by atoms with Crippen molar-refractivity contribution in [1.29, 1.82) is 0 Å². The van der Waals surface area contributed by atoms with E-state index in [0.29, 0.717) is 10.6 Å². The molecule has 0 N–H and O–H groups in total. The average Bonchev–Trinajstić information content (AvgIpc) is 2.85. The van der Waals surface area contributed by atoms with Crippen molar-refractivity contribution in [3.63, 3.8) is 0 Å². The number of carbonyl (C=O) groups excluding carboxylic acids is 1. The average molecular weight is 292 g/mol. The number of benzene rings is 1. The summed E-state index contributed by atoms with van der Waals surface area (Å²) in [5.74, 6) is 1.04. The molecule has 0 aliphatic heterocycles. The van der Waals surface area contributed by atoms with E-state index in [1.165, 1.54) is 11.3 Å². The molecule has 0 bridgehead atoms. The van der Waals surface area contributed by atoms with Gasteiger partial charge in [-0.3, -0.25) is 4.79 Å². The van der Waals surface area contributed by atoms with Crippen LogP contribution in [0.4, 0.5) is 0 Å². The highest BCUT2D eigenvalue weighted by Crippen LogP contribution is 2.18. The second-order valence-corrected chi connectivity index (χ2v) is 5.06. The van der Waals surface area contributed by atoms with Crippen molar-refractivity contribution in [2.75, 3.05) is 7.11 Å². The van der Waals surface area contributed by atoms with Crippen molar-refractivity contribution >= 4 is 17.2 Å². The molecule has 1 aromatic carbocycles. The molecule has 5 nitrogen and oxygen atoms in total. The summed E-state index contributed by atoms with van der Waals surface area (Å²) in [6.45, 7) is 1.68. The number of nitrogens with zero attached hydrogens (tertiary/aromatic N) is 2. The second kappa shape index (κ2) is 6.38. The highest BCUT2D eigenvalue weighted by Gasteiger charge is 2.14. The molecule has 0 fully saturated rings. The van der Waals surface area contributed by atoms with Crippen LogP contribution in [0, 0.1) is 0 Å². The lowest BCUT2D eigenvalue weighted by Gasteiger charge is -2.11. The van der Waals surface area contributed by atoms with Crippen LogP contribution in [0.1, 0.15) is 6.92 Å². The number of aryl methyl sites for hydroxylation is 1. The van der Waals surface area contributed by atoms with Crippen LogP contribution >= 0.6 is 11.3 Å². The molecule has 0 saturated heterocycles. The molecule has 1 aromatic heterocycles. The van der Waals surface area contributed by atoms with Crippen molar-refractivity contribution in [2.45, 2.75) is 13.0 Å². The Bertz CT molecular complexity index is 643. The standard InChI is InChI=1S/C14H16N2O3S/c1-10(13(17)15-14-16(2)8-9-20-14)19-12-6-4-11(18-3)5-7-12/h4-10H,1-3H3. The maximum atomic E-state index is 12.0. The number of carbonyl (C=O) groups is 1. The van der Waals surface area contributed by atoms with Gasteiger partial charge in [0.15, 0.2) is 10.9 Å². The molecule has 1 unspecified atom stereocenters. The molecule has 0 aliphatic carbocycles. The second-order valence-electron chi connectivity index (χ2n) is 4.18. The number of rotatable bonds is 4. The summed E-state index contributed by atoms with van der Waals surface area (Å²) >= 11 is 1.41. The zero-order valence-corrected chi connectivity index (χ0v) is 12.4. The Hall–Kier alpha value is -2.08. The van der Waals surface area contributed by atoms with Crippen LogP contribution < -0.4 is 14.3 Å². The van der Waals surface area contributed by atoms with Gasteiger partial charge in [0.1, 0.15) is 11.5 Å². The molecule has 2 aromatic rings. The van der Waals surface area contributed by atoms with Crippen LogP contribution in [-0.2, 0) is 11.8 Å². The Morgan fingerprint density at radius 3 is 2.50 bits per heavy atom. The third kappa shape index (κ3) is 3.48. The van der Waals surface area contributed by atoms with Gasteiger partial charge in [0.2, 0.25) is 0 Å². The van der Waals surface area contributed by atoms with Crippen molar-refractivity contribution in [3.05, 3.63) is 40.6 Å². The molecular formula is C14H16N2O3S. The van der Waals surface area contributed by atoms with Gasteiger partial charge in [-0.1, -0.05) is 0 Å². The van der Waals surface area contributed by atoms with Gasteiger partial charge in [0, 0.05) is 18.6 Å². The summed E-state index contributed by atoms with van der Waals surface area (Å²) in [6.07, 6.45) is 1.22. The molecule has 1 amide bonds. The number of hydrogen-bond acceptors (Lipinski definition) is 4. The number of methoxy groups -OCH3 is 1. The summed E-state index contributed by atoms with van der Waals surface area (Å²) in [7, 11) is 3.44. The largest absolute Gasteiger partial charge is 0.497 e. The quantitative estimate of drug-likeness (QED) is 0.866. The zero-order valence-electron chi connectivity index (χ0n) is 11.6. The minimum atomic E-state index is -0.634. The van der Waals surface area contributed by atoms with Gasteiger partial charge in [-0.15, -0.1) is 11.3 Å². The van der Waals surface area contributed by atoms with Crippen LogP contribution in [0.25, 0.3) is 0 Å². The molecule has 1 heterocycles. The normalized spacial score (nSPS) is 13.1. The van der Waals surface area contributed by atoms with Gasteiger partial charge in [0.25, 0.3) is 5.91 Å². The number of ether oxygens (including phenoxy) is 2. The first-order chi connectivity index (χ1) is 9.60. The first-order valence-electron chi connectivity index (χ1n) is 6.09. The fourth-order valence-corrected chi connectivity index (χ4v) is 2.26. The Morgan fingerprint density at radius 2 is 1.95 bits per heavy atom. The van der Waals surface area contributed by atoms with E-state index in [9.17, 15) is 4.79 Å². The van der Waals surface area contributed by atoms with Crippen molar-refractivity contribution < 1.29 is 14.3 Å². The molecule has 1 atom stereocenters. The highest BCUT2D eigenvalue weighted by molar-refractivity contribution is 7.07. The fourth-order valence-electron chi connectivity index (χ4n) is 1.53. The van der Waals surface area contributed by atoms with Crippen LogP contribution in [0.5, 0.6) is 11.5 Å². The summed E-state index contributed by atoms with van der Waals surface area (Å²) in [4.78, 5) is 16.7. The molecule has 0 spiro atoms. The van der Waals surface area contributed by atoms with Crippen LogP contribution in [0.2, 0.25) is 0 Å². The molecule has 0 saturated carbocycles. The molecule has 0 radical (unpaired) electrons. The van der Waals surface area contributed by atoms with E-state index >= 15 is 0 Å². The van der Waals surface area contributed by atoms with E-state index in [0.717, 1.165) is 5.75 Å². The van der Waals surface area contributed by atoms with Gasteiger partial charge in [-0.05, 0) is 31.2 Å². The third-order valence-electron chi connectivity index (χ3n) is 2.69. The minimum absolute atomic E-state index is 0.307. The van der Waals surface area contributed by atoms with Crippen LogP contribution in [-0.4, -0.2) is 23.7 Å². The Labute approximate surface area is 121 Å². The van der Waals surface area contributed by atoms with Crippen molar-refractivity contribution in [1.82, 2.24) is 4.57 Å². The molecule has 2 rings (SSSR count). The fraction of sp³-hybridized carbons (Fsp3) is 0.286. The SMILES string of the molecule is COc1ccc(OC(C)C(=O)N=c2sccn2C)cc1. The van der Waals surface area contributed by atoms with E-state index in [1.54, 1.807) is 42.9 Å². The monoisotopic (exact) mass is 292 g/mol. The molecule has 0 aliphatic rings. The number of aromatic nitrogens is 1. The van der Waals surface area contributed by atoms with Crippen LogP contribution in [0.15, 0.2) is 40.8 Å². The Balaban J connectivity index is 2.06. The van der Waals surface area contributed by atoms with Crippen LogP contribution in [0.3, 0.4) is 0 Å². The van der Waals surface area contributed by atoms with Gasteiger partial charge in [-0.25, -0.2) is 0 Å². The topological polar surface area (TPSA) is 52.8 Å². The molecule has 20 heavy (non-hydrogen) atoms. The predicted octanol–water partition coefficient (Wildman–Crippen LogP) is 1.99. The number of amides is 1. The van der Waals surface area contributed by atoms with Gasteiger partial charge >= 0.3 is 0 Å². The van der Waals surface area contributed by atoms with E-state index < -0.39 is 6.10 Å². The van der Waals surface area contributed by atoms with E-state index in [-0.39, 0.29) is 5.91 Å². The lowest BCUT2D eigenvalue weighted by Crippen LogP contribution is -2.25. The summed E-state index contributed by atoms with van der Waals surface area (Å²) < 4.78 is 12.4. The van der Waals surface area contributed by atoms with E-state index in [2.05, 4.69) is 4.99 Å². The van der Waals surface area contributed by atoms with Gasteiger partial charge < -0.3 is 14.0 Å². The summed E-state index contributed by atoms with van der Waals surface area (Å²) in [5.41, 5.74) is 0. The number of hydrogen-bond donors (Lipinski definition) is 0. The lowest BCUT2D eigenvalue weighted by atomic mass is 10.3. The first-order valence-corrected chi connectivity index (χ1v) is 6.97. The van der Waals surface area contributed by atoms with Crippen molar-refractivity contribution in [3.8, 4) is 11.5 Å². The molecular weight excluding hydrogens is 276 g/mol. The van der Waals surface area contributed by atoms with Gasteiger partial charge in [0.05, 0.1) is 7.11 Å². The summed E-state index contributed by atoms with van der Waals surface area (Å²) in [6, 6.07) is 7.08. The lowest BCUT2D eigenvalue weighted by molar-refractivity contribution is -0.124. The zero-order chi connectivity index (χ0) is 14.5. The number of thiazole rings is 1. The molecule has 6 heteroatoms. The van der Waals surface area contributed by atoms with Crippen molar-refractivity contribution in [2.24, 2.45) is 12.0 Å². The van der Waals surface area contributed by atoms with Gasteiger partial charge in [-0.2, -0.15) is 4.99 Å². The van der Waals surface area contributed by atoms with E-state index in [1.807, 2.05) is 18.6 Å². The molecule has 106 valence electrons. The highest BCUT2D eigenvalue weighted by atomic mass is 32.1. The third-order valence-corrected chi connectivity index (χ3v) is 3.53. The smallest absolute Gasteiger partial charge is 0.289 e. The predicted molar refractivity (Wildman–Crippen MR) is 76.9 cm³/mol. The van der Waals surface area contributed by atoms with E-state index in [4.69, 9.17) is 9.47 Å². The Kier molecular flexibility index (Phi) is 4.57. The maximum absolute atomic E-state index is 12.0. The summed E-state index contributed by atoms with van der Waals surface area (Å²) in [5, 5.41) is 1.88.